The fraction of sp³-hybridized carbons (Fsp3) is 0.0870. The first-order valence-electron chi connectivity index (χ1n) is 9.52. The van der Waals surface area contributed by atoms with Crippen molar-refractivity contribution in [3.63, 3.8) is 0 Å². The molecule has 1 heterocycles. The highest BCUT2D eigenvalue weighted by Crippen LogP contribution is 2.11. The molecule has 8 heteroatoms. The number of sulfonamides is 1. The second kappa shape index (κ2) is 8.81. The van der Waals surface area contributed by atoms with Crippen molar-refractivity contribution in [3.05, 3.63) is 90.0 Å². The van der Waals surface area contributed by atoms with Crippen LogP contribution in [-0.2, 0) is 16.6 Å². The van der Waals surface area contributed by atoms with E-state index in [1.807, 2.05) is 61.5 Å². The summed E-state index contributed by atoms with van der Waals surface area (Å²) in [4.78, 5) is 2.42. The van der Waals surface area contributed by atoms with Crippen LogP contribution in [0.15, 0.2) is 88.9 Å². The lowest BCUT2D eigenvalue weighted by atomic mass is 10.2. The van der Waals surface area contributed by atoms with Crippen molar-refractivity contribution in [2.24, 2.45) is 5.10 Å². The van der Waals surface area contributed by atoms with Crippen molar-refractivity contribution in [3.8, 4) is 11.8 Å². The minimum atomic E-state index is -3.83. The van der Waals surface area contributed by atoms with Crippen molar-refractivity contribution in [2.75, 3.05) is 0 Å². The molecule has 0 aliphatic heterocycles. The zero-order chi connectivity index (χ0) is 21.7. The molecule has 0 unspecified atom stereocenters. The van der Waals surface area contributed by atoms with Crippen molar-refractivity contribution in [2.45, 2.75) is 18.4 Å². The normalized spacial score (nSPS) is 11.7. The summed E-state index contributed by atoms with van der Waals surface area (Å²) in [5, 5.41) is 12.4. The van der Waals surface area contributed by atoms with Gasteiger partial charge in [-0.15, -0.1) is 5.10 Å². The van der Waals surface area contributed by atoms with Gasteiger partial charge in [-0.25, -0.2) is 4.68 Å². The van der Waals surface area contributed by atoms with Crippen molar-refractivity contribution < 1.29 is 8.42 Å². The molecule has 0 saturated heterocycles. The van der Waals surface area contributed by atoms with E-state index in [-0.39, 0.29) is 11.4 Å². The summed E-state index contributed by atoms with van der Waals surface area (Å²) >= 11 is 0. The van der Waals surface area contributed by atoms with Crippen LogP contribution in [0.25, 0.3) is 11.0 Å². The summed E-state index contributed by atoms with van der Waals surface area (Å²) < 4.78 is 26.9. The highest BCUT2D eigenvalue weighted by Gasteiger charge is 2.13. The van der Waals surface area contributed by atoms with Crippen LogP contribution in [0, 0.1) is 18.8 Å². The Kier molecular flexibility index (Phi) is 5.78. The lowest BCUT2D eigenvalue weighted by molar-refractivity contribution is 0.584. The third-order valence-electron chi connectivity index (χ3n) is 4.48. The molecule has 1 N–H and O–H groups in total. The van der Waals surface area contributed by atoms with Gasteiger partial charge in [0.05, 0.1) is 17.0 Å². The van der Waals surface area contributed by atoms with Gasteiger partial charge < -0.3 is 0 Å². The fourth-order valence-corrected chi connectivity index (χ4v) is 3.66. The summed E-state index contributed by atoms with van der Waals surface area (Å²) in [6, 6.07) is 23.4. The van der Waals surface area contributed by atoms with Crippen LogP contribution in [0.4, 0.5) is 0 Å². The maximum Gasteiger partial charge on any atom is 0.276 e. The predicted octanol–water partition coefficient (Wildman–Crippen LogP) is 3.13. The van der Waals surface area contributed by atoms with Crippen LogP contribution in [0.5, 0.6) is 0 Å². The molecule has 1 aromatic heterocycles. The molecule has 3 aromatic carbocycles. The molecule has 4 rings (SSSR count). The molecular weight excluding hydrogens is 410 g/mol. The van der Waals surface area contributed by atoms with Crippen LogP contribution in [0.1, 0.15) is 11.1 Å². The van der Waals surface area contributed by atoms with Gasteiger partial charge in [0.2, 0.25) is 0 Å². The zero-order valence-corrected chi connectivity index (χ0v) is 17.5. The third-order valence-corrected chi connectivity index (χ3v) is 5.70. The SMILES string of the molecule is Cc1ccc(S(=O)(=O)N/N=C(/C#Cc2ccccc2)Cn2nnc3ccccc32)cc1. The van der Waals surface area contributed by atoms with Gasteiger partial charge in [0.15, 0.2) is 0 Å². The maximum atomic E-state index is 12.6. The van der Waals surface area contributed by atoms with Crippen LogP contribution < -0.4 is 4.83 Å². The van der Waals surface area contributed by atoms with Gasteiger partial charge in [-0.05, 0) is 49.2 Å². The summed E-state index contributed by atoms with van der Waals surface area (Å²) in [7, 11) is -3.83. The molecular formula is C23H19N5O2S. The first-order chi connectivity index (χ1) is 15.0. The molecule has 0 aliphatic rings. The number of hydrogen-bond acceptors (Lipinski definition) is 5. The Morgan fingerprint density at radius 1 is 1.00 bits per heavy atom. The van der Waals surface area contributed by atoms with E-state index < -0.39 is 10.0 Å². The van der Waals surface area contributed by atoms with E-state index in [2.05, 4.69) is 32.1 Å². The Morgan fingerprint density at radius 3 is 2.48 bits per heavy atom. The predicted molar refractivity (Wildman–Crippen MR) is 120 cm³/mol. The third kappa shape index (κ3) is 4.97. The second-order valence-electron chi connectivity index (χ2n) is 6.82. The highest BCUT2D eigenvalue weighted by molar-refractivity contribution is 7.89. The van der Waals surface area contributed by atoms with Crippen molar-refractivity contribution in [1.82, 2.24) is 19.8 Å². The molecule has 0 amide bonds. The number of aromatic nitrogens is 3. The number of nitrogens with zero attached hydrogens (tertiary/aromatic N) is 4. The lowest BCUT2D eigenvalue weighted by Gasteiger charge is -2.06. The molecule has 4 aromatic rings. The molecule has 0 atom stereocenters. The number of rotatable bonds is 5. The summed E-state index contributed by atoms with van der Waals surface area (Å²) in [6.45, 7) is 2.05. The summed E-state index contributed by atoms with van der Waals surface area (Å²) in [5.41, 5.74) is 3.60. The van der Waals surface area contributed by atoms with Crippen LogP contribution in [-0.4, -0.2) is 29.1 Å². The first kappa shape index (κ1) is 20.3. The molecule has 0 bridgehead atoms. The van der Waals surface area contributed by atoms with E-state index in [1.165, 1.54) is 12.1 Å². The number of hydrogen-bond donors (Lipinski definition) is 1. The number of para-hydroxylation sites is 1. The summed E-state index contributed by atoms with van der Waals surface area (Å²) in [6.07, 6.45) is 0. The molecule has 154 valence electrons. The maximum absolute atomic E-state index is 12.6. The van der Waals surface area contributed by atoms with Crippen molar-refractivity contribution in [1.29, 1.82) is 0 Å². The van der Waals surface area contributed by atoms with E-state index in [0.717, 1.165) is 22.2 Å². The monoisotopic (exact) mass is 429 g/mol. The van der Waals surface area contributed by atoms with Crippen LogP contribution >= 0.6 is 0 Å². The minimum Gasteiger partial charge on any atom is -0.238 e. The van der Waals surface area contributed by atoms with E-state index in [9.17, 15) is 8.42 Å². The Hall–Kier alpha value is -3.96. The Morgan fingerprint density at radius 2 is 1.71 bits per heavy atom. The summed E-state index contributed by atoms with van der Waals surface area (Å²) in [5.74, 6) is 5.97. The lowest BCUT2D eigenvalue weighted by Crippen LogP contribution is -2.22. The van der Waals surface area contributed by atoms with Gasteiger partial charge in [-0.2, -0.15) is 18.4 Å². The fourth-order valence-electron chi connectivity index (χ4n) is 2.83. The Labute approximate surface area is 180 Å². The molecule has 0 saturated carbocycles. The zero-order valence-electron chi connectivity index (χ0n) is 16.7. The molecule has 0 radical (unpaired) electrons. The second-order valence-corrected chi connectivity index (χ2v) is 8.48. The van der Waals surface area contributed by atoms with Gasteiger partial charge >= 0.3 is 0 Å². The molecule has 0 aliphatic carbocycles. The number of aryl methyl sites for hydroxylation is 1. The van der Waals surface area contributed by atoms with E-state index in [4.69, 9.17) is 0 Å². The highest BCUT2D eigenvalue weighted by atomic mass is 32.2. The van der Waals surface area contributed by atoms with Crippen LogP contribution in [0.3, 0.4) is 0 Å². The minimum absolute atomic E-state index is 0.128. The van der Waals surface area contributed by atoms with E-state index >= 15 is 0 Å². The quantitative estimate of drug-likeness (QED) is 0.300. The average Bonchev–Trinajstić information content (AvgIpc) is 3.19. The van der Waals surface area contributed by atoms with E-state index in [1.54, 1.807) is 16.8 Å². The average molecular weight is 430 g/mol. The van der Waals surface area contributed by atoms with Gasteiger partial charge in [0.25, 0.3) is 10.0 Å². The first-order valence-corrected chi connectivity index (χ1v) is 11.0. The number of hydrazone groups is 1. The van der Waals surface area contributed by atoms with Gasteiger partial charge in [0.1, 0.15) is 11.2 Å². The van der Waals surface area contributed by atoms with Crippen molar-refractivity contribution >= 4 is 26.8 Å². The topological polar surface area (TPSA) is 89.2 Å². The van der Waals surface area contributed by atoms with Crippen LogP contribution in [0.2, 0.25) is 0 Å². The number of nitrogens with one attached hydrogen (secondary N) is 1. The van der Waals surface area contributed by atoms with Gasteiger partial charge in [-0.3, -0.25) is 0 Å². The number of fused-ring (bicyclic) bond motifs is 1. The number of benzene rings is 3. The molecule has 0 fully saturated rings. The standard InChI is InChI=1S/C23H19N5O2S/c1-18-11-15-21(16-12-18)31(29,30)27-24-20(14-13-19-7-3-2-4-8-19)17-28-23-10-6-5-9-22(23)25-26-28/h2-12,15-16,27H,17H2,1H3/b24-20-. The molecule has 31 heavy (non-hydrogen) atoms. The van der Waals surface area contributed by atoms with Gasteiger partial charge in [0, 0.05) is 5.56 Å². The van der Waals surface area contributed by atoms with E-state index in [0.29, 0.717) is 5.71 Å². The Bertz CT molecular complexity index is 1400. The largest absolute Gasteiger partial charge is 0.276 e. The van der Waals surface area contributed by atoms with Gasteiger partial charge in [-0.1, -0.05) is 59.2 Å². The molecule has 0 spiro atoms. The smallest absolute Gasteiger partial charge is 0.238 e. The molecule has 7 nitrogen and oxygen atoms in total. The Balaban J connectivity index is 1.66.